The van der Waals surface area contributed by atoms with Crippen LogP contribution in [0.5, 0.6) is 0 Å². The molecule has 0 bridgehead atoms. The Balaban J connectivity index is 4.34. The number of esters is 2. The van der Waals surface area contributed by atoms with Gasteiger partial charge in [0.2, 0.25) is 0 Å². The fourth-order valence-corrected chi connectivity index (χ4v) is 5.69. The molecular formula is C45H74NO8P. The highest BCUT2D eigenvalue weighted by molar-refractivity contribution is 7.47. The van der Waals surface area contributed by atoms with Crippen LogP contribution in [0.2, 0.25) is 0 Å². The van der Waals surface area contributed by atoms with E-state index in [4.69, 9.17) is 24.3 Å². The van der Waals surface area contributed by atoms with E-state index in [0.717, 1.165) is 64.2 Å². The van der Waals surface area contributed by atoms with Crippen LogP contribution in [0, 0.1) is 0 Å². The molecule has 0 aromatic carbocycles. The lowest BCUT2D eigenvalue weighted by Crippen LogP contribution is -2.29. The van der Waals surface area contributed by atoms with Crippen LogP contribution in [-0.2, 0) is 32.7 Å². The van der Waals surface area contributed by atoms with Gasteiger partial charge >= 0.3 is 19.8 Å². The minimum absolute atomic E-state index is 0.0342. The lowest BCUT2D eigenvalue weighted by atomic mass is 10.1. The van der Waals surface area contributed by atoms with Crippen LogP contribution in [0.1, 0.15) is 142 Å². The minimum atomic E-state index is -4.40. The molecule has 2 unspecified atom stereocenters. The van der Waals surface area contributed by atoms with E-state index in [-0.39, 0.29) is 32.6 Å². The molecule has 0 spiro atoms. The predicted octanol–water partition coefficient (Wildman–Crippen LogP) is 11.8. The van der Waals surface area contributed by atoms with Gasteiger partial charge in [-0.15, -0.1) is 0 Å². The van der Waals surface area contributed by atoms with Crippen molar-refractivity contribution in [3.63, 3.8) is 0 Å². The van der Waals surface area contributed by atoms with E-state index >= 15 is 0 Å². The molecule has 0 aromatic heterocycles. The molecule has 0 heterocycles. The Morgan fingerprint density at radius 1 is 0.564 bits per heavy atom. The number of allylic oxidation sites excluding steroid dienone is 16. The molecule has 0 aliphatic rings. The summed E-state index contributed by atoms with van der Waals surface area (Å²) in [6.07, 6.45) is 51.7. The van der Waals surface area contributed by atoms with E-state index in [1.165, 1.54) is 38.5 Å². The van der Waals surface area contributed by atoms with Crippen molar-refractivity contribution in [1.82, 2.24) is 0 Å². The van der Waals surface area contributed by atoms with Gasteiger partial charge in [-0.1, -0.05) is 143 Å². The highest BCUT2D eigenvalue weighted by Crippen LogP contribution is 2.43. The maximum absolute atomic E-state index is 12.5. The molecule has 0 amide bonds. The van der Waals surface area contributed by atoms with E-state index < -0.39 is 32.5 Å². The summed E-state index contributed by atoms with van der Waals surface area (Å²) in [6.45, 7) is 3.46. The standard InChI is InChI=1S/C45H74NO8P/c1-3-5-7-9-11-13-15-17-18-19-20-21-22-23-24-26-27-29-31-33-35-37-44(47)51-41-43(42-53-55(49,50)52-40-39-46)54-45(48)38-36-34-32-30-28-25-16-14-12-10-8-6-4-2/h5,7,11,13,17-18,20-21,23-25,27-29,32,34,43H,3-4,6,8-10,12,14-16,19,22,26,30-31,33,35-42,46H2,1-2H3,(H,49,50)/b7-5+,13-11+,18-17+,21-20+,24-23+,28-25+,29-27+,34-32+. The number of rotatable bonds is 37. The Morgan fingerprint density at radius 2 is 1.04 bits per heavy atom. The lowest BCUT2D eigenvalue weighted by Gasteiger charge is -2.19. The van der Waals surface area contributed by atoms with E-state index in [9.17, 15) is 19.0 Å². The van der Waals surface area contributed by atoms with Crippen molar-refractivity contribution in [2.45, 2.75) is 148 Å². The number of ether oxygens (including phenoxy) is 2. The van der Waals surface area contributed by atoms with Crippen molar-refractivity contribution in [2.75, 3.05) is 26.4 Å². The topological polar surface area (TPSA) is 134 Å². The average molecular weight is 788 g/mol. The number of hydrogen-bond acceptors (Lipinski definition) is 8. The first-order chi connectivity index (χ1) is 26.8. The molecule has 0 aliphatic carbocycles. The summed E-state index contributed by atoms with van der Waals surface area (Å²) in [7, 11) is -4.40. The summed E-state index contributed by atoms with van der Waals surface area (Å²) in [5, 5.41) is 0. The Morgan fingerprint density at radius 3 is 1.56 bits per heavy atom. The number of nitrogens with two attached hydrogens (primary N) is 1. The third kappa shape index (κ3) is 40.4. The normalized spacial score (nSPS) is 14.3. The van der Waals surface area contributed by atoms with Crippen molar-refractivity contribution in [3.8, 4) is 0 Å². The zero-order valence-electron chi connectivity index (χ0n) is 34.1. The van der Waals surface area contributed by atoms with Crippen LogP contribution in [0.25, 0.3) is 0 Å². The van der Waals surface area contributed by atoms with Crippen molar-refractivity contribution in [1.29, 1.82) is 0 Å². The Labute approximate surface area is 334 Å². The van der Waals surface area contributed by atoms with Crippen molar-refractivity contribution in [3.05, 3.63) is 97.2 Å². The van der Waals surface area contributed by atoms with Crippen molar-refractivity contribution >= 4 is 19.8 Å². The van der Waals surface area contributed by atoms with Gasteiger partial charge in [0.1, 0.15) is 6.61 Å². The van der Waals surface area contributed by atoms with Crippen LogP contribution >= 0.6 is 7.82 Å². The van der Waals surface area contributed by atoms with Gasteiger partial charge in [0.15, 0.2) is 6.10 Å². The maximum atomic E-state index is 12.5. The van der Waals surface area contributed by atoms with Gasteiger partial charge in [0.05, 0.1) is 13.2 Å². The molecule has 9 nitrogen and oxygen atoms in total. The number of carbonyl (C=O) groups excluding carboxylic acids is 2. The molecule has 0 fully saturated rings. The molecular weight excluding hydrogens is 713 g/mol. The highest BCUT2D eigenvalue weighted by Gasteiger charge is 2.25. The fourth-order valence-electron chi connectivity index (χ4n) is 4.92. The zero-order valence-corrected chi connectivity index (χ0v) is 35.0. The molecule has 2 atom stereocenters. The first kappa shape index (κ1) is 51.9. The van der Waals surface area contributed by atoms with Crippen LogP contribution in [-0.4, -0.2) is 49.3 Å². The number of hydrogen-bond donors (Lipinski definition) is 2. The predicted molar refractivity (Wildman–Crippen MR) is 228 cm³/mol. The third-order valence-electron chi connectivity index (χ3n) is 7.97. The van der Waals surface area contributed by atoms with Crippen LogP contribution in [0.4, 0.5) is 0 Å². The third-order valence-corrected chi connectivity index (χ3v) is 8.95. The van der Waals surface area contributed by atoms with Crippen LogP contribution in [0.15, 0.2) is 97.2 Å². The Hall–Kier alpha value is -3.07. The molecule has 10 heteroatoms. The van der Waals surface area contributed by atoms with E-state index in [1.807, 2.05) is 12.2 Å². The number of unbranched alkanes of at least 4 members (excludes halogenated alkanes) is 8. The smallest absolute Gasteiger partial charge is 0.462 e. The van der Waals surface area contributed by atoms with E-state index in [2.05, 4.69) is 98.9 Å². The molecule has 0 rings (SSSR count). The SMILES string of the molecule is CC/C=C/C/C=C/C/C=C/C/C=C/C/C=C/C/C=C/CCCCC(=O)OCC(COP(=O)(O)OCCN)OC(=O)CC/C=C/C/C=C/CCCCCCCC. The molecule has 3 N–H and O–H groups in total. The largest absolute Gasteiger partial charge is 0.472 e. The van der Waals surface area contributed by atoms with E-state index in [0.29, 0.717) is 12.8 Å². The summed E-state index contributed by atoms with van der Waals surface area (Å²) in [5.74, 6) is -0.970. The van der Waals surface area contributed by atoms with Gasteiger partial charge in [-0.2, -0.15) is 0 Å². The number of carbonyl (C=O) groups is 2. The van der Waals surface area contributed by atoms with Crippen molar-refractivity contribution in [2.24, 2.45) is 5.73 Å². The number of phosphoric ester groups is 1. The van der Waals surface area contributed by atoms with Crippen molar-refractivity contribution < 1.29 is 37.6 Å². The highest BCUT2D eigenvalue weighted by atomic mass is 31.2. The van der Waals surface area contributed by atoms with Crippen LogP contribution < -0.4 is 5.73 Å². The second kappa shape index (κ2) is 40.6. The van der Waals surface area contributed by atoms with Gasteiger partial charge in [0.25, 0.3) is 0 Å². The number of phosphoric acid groups is 1. The van der Waals surface area contributed by atoms with Crippen LogP contribution in [0.3, 0.4) is 0 Å². The zero-order chi connectivity index (χ0) is 40.3. The summed E-state index contributed by atoms with van der Waals surface area (Å²) >= 11 is 0. The maximum Gasteiger partial charge on any atom is 0.472 e. The first-order valence-electron chi connectivity index (χ1n) is 20.7. The Bertz CT molecular complexity index is 1220. The Kier molecular flexibility index (Phi) is 38.3. The average Bonchev–Trinajstić information content (AvgIpc) is 3.17. The monoisotopic (exact) mass is 788 g/mol. The molecule has 312 valence electrons. The molecule has 0 aliphatic heterocycles. The second-order valence-corrected chi connectivity index (χ2v) is 14.6. The quantitative estimate of drug-likeness (QED) is 0.0273. The fraction of sp³-hybridized carbons (Fsp3) is 0.600. The van der Waals surface area contributed by atoms with E-state index in [1.54, 1.807) is 0 Å². The van der Waals surface area contributed by atoms with Gasteiger partial charge < -0.3 is 20.1 Å². The molecule has 0 saturated carbocycles. The molecule has 0 aromatic rings. The summed E-state index contributed by atoms with van der Waals surface area (Å²) in [6, 6.07) is 0. The molecule has 55 heavy (non-hydrogen) atoms. The molecule has 0 saturated heterocycles. The summed E-state index contributed by atoms with van der Waals surface area (Å²) in [4.78, 5) is 34.7. The molecule has 0 radical (unpaired) electrons. The summed E-state index contributed by atoms with van der Waals surface area (Å²) < 4.78 is 32.6. The first-order valence-corrected chi connectivity index (χ1v) is 22.2. The van der Waals surface area contributed by atoms with Gasteiger partial charge in [-0.05, 0) is 83.5 Å². The van der Waals surface area contributed by atoms with Gasteiger partial charge in [-0.25, -0.2) is 4.57 Å². The minimum Gasteiger partial charge on any atom is -0.462 e. The second-order valence-electron chi connectivity index (χ2n) is 13.1. The van der Waals surface area contributed by atoms with Gasteiger partial charge in [-0.3, -0.25) is 18.6 Å². The lowest BCUT2D eigenvalue weighted by molar-refractivity contribution is -0.161. The summed E-state index contributed by atoms with van der Waals surface area (Å²) in [5.41, 5.74) is 5.33. The van der Waals surface area contributed by atoms with Gasteiger partial charge in [0, 0.05) is 19.4 Å².